The molecule has 4 N–H and O–H groups in total. The van der Waals surface area contributed by atoms with E-state index in [2.05, 4.69) is 20.9 Å². The maximum absolute atomic E-state index is 13.0. The molecule has 1 aliphatic heterocycles. The summed E-state index contributed by atoms with van der Waals surface area (Å²) in [7, 11) is 0. The highest BCUT2D eigenvalue weighted by molar-refractivity contribution is 5.84. The van der Waals surface area contributed by atoms with Crippen molar-refractivity contribution >= 4 is 29.7 Å². The van der Waals surface area contributed by atoms with Crippen LogP contribution in [0.5, 0.6) is 0 Å². The zero-order chi connectivity index (χ0) is 31.9. The van der Waals surface area contributed by atoms with Gasteiger partial charge in [-0.05, 0) is 42.5 Å². The van der Waals surface area contributed by atoms with Gasteiger partial charge < -0.3 is 35.4 Å². The lowest BCUT2D eigenvalue weighted by Crippen LogP contribution is -2.49. The van der Waals surface area contributed by atoms with Gasteiger partial charge in [0.15, 0.2) is 0 Å². The minimum Gasteiger partial charge on any atom is -0.480 e. The molecule has 1 saturated heterocycles. The van der Waals surface area contributed by atoms with Gasteiger partial charge in [-0.25, -0.2) is 14.6 Å². The summed E-state index contributed by atoms with van der Waals surface area (Å²) in [5, 5.41) is 17.8. The first kappa shape index (κ1) is 32.9. The third kappa shape index (κ3) is 11.2. The molecule has 0 aliphatic carbocycles. The summed E-state index contributed by atoms with van der Waals surface area (Å²) in [5.41, 5.74) is 1.96. The van der Waals surface area contributed by atoms with E-state index in [9.17, 15) is 24.3 Å². The molecule has 1 fully saturated rings. The van der Waals surface area contributed by atoms with Gasteiger partial charge in [-0.1, -0.05) is 66.7 Å². The molecule has 45 heavy (non-hydrogen) atoms. The van der Waals surface area contributed by atoms with Crippen molar-refractivity contribution in [2.45, 2.75) is 50.5 Å². The van der Waals surface area contributed by atoms with Gasteiger partial charge in [0.1, 0.15) is 25.1 Å². The standard InChI is InChI=1S/C33H39N5O7/c39-30(16-9-14-24-10-3-1-4-11-24)37-28(32(41)42)20-36-31(40)23-44-27-18-26(19-35-29-15-7-8-17-34-29)38(21-27)33(43)45-22-25-12-5-2-6-13-25/h1-8,10-13,15,17,26-28H,9,14,16,18-23H2,(H,34,35)(H,36,40)(H,37,39)(H,41,42)/t26-,27+,28-/m0/s1. The van der Waals surface area contributed by atoms with Crippen LogP contribution < -0.4 is 16.0 Å². The SMILES string of the molecule is O=C(CO[C@@H]1C[C@@H](CNc2ccccn2)N(C(=O)OCc2ccccc2)C1)NC[C@H](NC(=O)CCCc1ccccc1)C(=O)O. The number of likely N-dealkylation sites (tertiary alicyclic amines) is 1. The Labute approximate surface area is 262 Å². The second-order valence-corrected chi connectivity index (χ2v) is 10.7. The maximum atomic E-state index is 13.0. The smallest absolute Gasteiger partial charge is 0.410 e. The Bertz CT molecular complexity index is 1380. The molecule has 3 atom stereocenters. The topological polar surface area (TPSA) is 159 Å². The Hall–Kier alpha value is -4.97. The average molecular weight is 618 g/mol. The summed E-state index contributed by atoms with van der Waals surface area (Å²) in [5.74, 6) is -1.53. The van der Waals surface area contributed by atoms with E-state index in [4.69, 9.17) is 9.47 Å². The van der Waals surface area contributed by atoms with Gasteiger partial charge in [0.25, 0.3) is 0 Å². The molecule has 3 amide bonds. The van der Waals surface area contributed by atoms with E-state index >= 15 is 0 Å². The van der Waals surface area contributed by atoms with E-state index in [1.165, 1.54) is 0 Å². The van der Waals surface area contributed by atoms with Crippen molar-refractivity contribution in [1.29, 1.82) is 0 Å². The van der Waals surface area contributed by atoms with Crippen molar-refractivity contribution < 1.29 is 33.8 Å². The maximum Gasteiger partial charge on any atom is 0.410 e. The highest BCUT2D eigenvalue weighted by Crippen LogP contribution is 2.22. The van der Waals surface area contributed by atoms with Crippen molar-refractivity contribution in [3.05, 3.63) is 96.2 Å². The minimum absolute atomic E-state index is 0.124. The number of aryl methyl sites for hydroxylation is 1. The van der Waals surface area contributed by atoms with Crippen molar-refractivity contribution in [1.82, 2.24) is 20.5 Å². The van der Waals surface area contributed by atoms with Gasteiger partial charge in [0.2, 0.25) is 11.8 Å². The number of amides is 3. The zero-order valence-corrected chi connectivity index (χ0v) is 25.0. The van der Waals surface area contributed by atoms with Crippen LogP contribution in [0.1, 0.15) is 30.4 Å². The number of anilines is 1. The van der Waals surface area contributed by atoms with E-state index in [0.717, 1.165) is 11.1 Å². The fraction of sp³-hybridized carbons (Fsp3) is 0.364. The largest absolute Gasteiger partial charge is 0.480 e. The molecule has 238 valence electrons. The Morgan fingerprint density at radius 2 is 1.64 bits per heavy atom. The lowest BCUT2D eigenvalue weighted by molar-refractivity contribution is -0.142. The number of nitrogens with zero attached hydrogens (tertiary/aromatic N) is 2. The van der Waals surface area contributed by atoms with E-state index < -0.39 is 36.0 Å². The number of hydrogen-bond donors (Lipinski definition) is 4. The van der Waals surface area contributed by atoms with Crippen LogP contribution in [-0.4, -0.2) is 83.3 Å². The Morgan fingerprint density at radius 1 is 0.933 bits per heavy atom. The van der Waals surface area contributed by atoms with Crippen LogP contribution >= 0.6 is 0 Å². The number of carbonyl (C=O) groups excluding carboxylic acids is 3. The summed E-state index contributed by atoms with van der Waals surface area (Å²) in [6.07, 6.45) is 2.60. The van der Waals surface area contributed by atoms with E-state index in [-0.39, 0.29) is 38.8 Å². The van der Waals surface area contributed by atoms with Gasteiger partial charge >= 0.3 is 12.1 Å². The number of pyridine rings is 1. The molecular formula is C33H39N5O7. The number of carbonyl (C=O) groups is 4. The number of aliphatic carboxylic acids is 1. The number of rotatable bonds is 16. The molecule has 1 aliphatic rings. The predicted molar refractivity (Wildman–Crippen MR) is 166 cm³/mol. The van der Waals surface area contributed by atoms with Crippen molar-refractivity contribution in [3.8, 4) is 0 Å². The normalized spacial score (nSPS) is 16.4. The molecule has 12 heteroatoms. The quantitative estimate of drug-likeness (QED) is 0.190. The molecule has 0 saturated carbocycles. The Balaban J connectivity index is 1.22. The number of ether oxygens (including phenoxy) is 2. The van der Waals surface area contributed by atoms with Crippen LogP contribution in [0.15, 0.2) is 85.1 Å². The molecule has 3 aromatic rings. The summed E-state index contributed by atoms with van der Waals surface area (Å²) in [4.78, 5) is 55.4. The fourth-order valence-corrected chi connectivity index (χ4v) is 4.93. The second kappa shape index (κ2) is 17.4. The number of benzene rings is 2. The number of carboxylic acids is 1. The van der Waals surface area contributed by atoms with Crippen molar-refractivity contribution in [2.75, 3.05) is 31.6 Å². The van der Waals surface area contributed by atoms with Gasteiger partial charge in [0, 0.05) is 25.7 Å². The molecule has 4 rings (SSSR count). The van der Waals surface area contributed by atoms with Crippen molar-refractivity contribution in [3.63, 3.8) is 0 Å². The molecule has 0 spiro atoms. The van der Waals surface area contributed by atoms with Gasteiger partial charge in [-0.2, -0.15) is 0 Å². The molecule has 0 radical (unpaired) electrons. The number of aromatic nitrogens is 1. The lowest BCUT2D eigenvalue weighted by atomic mass is 10.1. The molecule has 2 heterocycles. The predicted octanol–water partition coefficient (Wildman–Crippen LogP) is 3.00. The number of hydrogen-bond acceptors (Lipinski definition) is 8. The third-order valence-corrected chi connectivity index (χ3v) is 7.30. The number of carboxylic acid groups (broad SMARTS) is 1. The first-order chi connectivity index (χ1) is 21.9. The molecular weight excluding hydrogens is 578 g/mol. The Morgan fingerprint density at radius 3 is 2.33 bits per heavy atom. The summed E-state index contributed by atoms with van der Waals surface area (Å²) >= 11 is 0. The number of nitrogens with one attached hydrogen (secondary N) is 3. The van der Waals surface area contributed by atoms with Crippen LogP contribution in [0.3, 0.4) is 0 Å². The van der Waals surface area contributed by atoms with Gasteiger partial charge in [0.05, 0.1) is 18.7 Å². The summed E-state index contributed by atoms with van der Waals surface area (Å²) < 4.78 is 11.4. The third-order valence-electron chi connectivity index (χ3n) is 7.30. The lowest BCUT2D eigenvalue weighted by Gasteiger charge is -2.24. The second-order valence-electron chi connectivity index (χ2n) is 10.7. The van der Waals surface area contributed by atoms with Crippen LogP contribution in [0.25, 0.3) is 0 Å². The van der Waals surface area contributed by atoms with Crippen LogP contribution in [-0.2, 0) is 36.9 Å². The monoisotopic (exact) mass is 617 g/mol. The highest BCUT2D eigenvalue weighted by atomic mass is 16.6. The fourth-order valence-electron chi connectivity index (χ4n) is 4.93. The first-order valence-corrected chi connectivity index (χ1v) is 14.9. The van der Waals surface area contributed by atoms with E-state index in [1.54, 1.807) is 11.1 Å². The van der Waals surface area contributed by atoms with E-state index in [0.29, 0.717) is 31.6 Å². The zero-order valence-electron chi connectivity index (χ0n) is 25.0. The minimum atomic E-state index is -1.28. The van der Waals surface area contributed by atoms with Gasteiger partial charge in [-0.3, -0.25) is 9.59 Å². The van der Waals surface area contributed by atoms with Crippen molar-refractivity contribution in [2.24, 2.45) is 0 Å². The van der Waals surface area contributed by atoms with Gasteiger partial charge in [-0.15, -0.1) is 0 Å². The van der Waals surface area contributed by atoms with Crippen LogP contribution in [0, 0.1) is 0 Å². The molecule has 0 unspecified atom stereocenters. The molecule has 12 nitrogen and oxygen atoms in total. The average Bonchev–Trinajstić information content (AvgIpc) is 3.48. The van der Waals surface area contributed by atoms with E-state index in [1.807, 2.05) is 78.9 Å². The first-order valence-electron chi connectivity index (χ1n) is 14.9. The molecule has 2 aromatic carbocycles. The summed E-state index contributed by atoms with van der Waals surface area (Å²) in [6.45, 7) is 0.108. The summed E-state index contributed by atoms with van der Waals surface area (Å²) in [6, 6.07) is 23.0. The van der Waals surface area contributed by atoms with Crippen LogP contribution in [0.4, 0.5) is 10.6 Å². The Kier molecular flexibility index (Phi) is 12.7. The molecule has 0 bridgehead atoms. The highest BCUT2D eigenvalue weighted by Gasteiger charge is 2.37. The molecule has 1 aromatic heterocycles. The van der Waals surface area contributed by atoms with Crippen LogP contribution in [0.2, 0.25) is 0 Å².